The molecule has 23 heavy (non-hydrogen) atoms. The maximum atomic E-state index is 12.2. The van der Waals surface area contributed by atoms with Gasteiger partial charge >= 0.3 is 0 Å². The van der Waals surface area contributed by atoms with Crippen molar-refractivity contribution in [2.45, 2.75) is 15.6 Å². The molecule has 1 heterocycles. The molecule has 0 atom stereocenters. The number of hydrogen-bond donors (Lipinski definition) is 1. The Hall–Kier alpha value is -0.780. The van der Waals surface area contributed by atoms with Gasteiger partial charge in [0.25, 0.3) is 10.0 Å². The Morgan fingerprint density at radius 2 is 1.65 bits per heavy atom. The first kappa shape index (κ1) is 18.6. The van der Waals surface area contributed by atoms with Gasteiger partial charge in [0, 0.05) is 30.0 Å². The largest absolute Gasteiger partial charge is 0.252 e. The molecule has 0 spiro atoms. The number of rotatable bonds is 6. The molecule has 0 saturated carbocycles. The molecule has 1 N–H and O–H groups in total. The summed E-state index contributed by atoms with van der Waals surface area (Å²) in [5, 5.41) is 0. The van der Waals surface area contributed by atoms with Crippen LogP contribution in [0.1, 0.15) is 4.88 Å². The van der Waals surface area contributed by atoms with Crippen molar-refractivity contribution in [3.05, 3.63) is 45.7 Å². The van der Waals surface area contributed by atoms with Crippen molar-refractivity contribution in [2.24, 2.45) is 0 Å². The van der Waals surface area contributed by atoms with E-state index in [2.05, 4.69) is 20.7 Å². The van der Waals surface area contributed by atoms with Crippen LogP contribution in [0.25, 0.3) is 0 Å². The van der Waals surface area contributed by atoms with E-state index < -0.39 is 20.0 Å². The van der Waals surface area contributed by atoms with Gasteiger partial charge < -0.3 is 0 Å². The first-order valence-corrected chi connectivity index (χ1v) is 10.9. The van der Waals surface area contributed by atoms with Crippen molar-refractivity contribution in [1.29, 1.82) is 0 Å². The van der Waals surface area contributed by atoms with Crippen LogP contribution in [-0.2, 0) is 26.6 Å². The van der Waals surface area contributed by atoms with Gasteiger partial charge in [0.1, 0.15) is 4.21 Å². The van der Waals surface area contributed by atoms with Crippen molar-refractivity contribution < 1.29 is 16.8 Å². The van der Waals surface area contributed by atoms with E-state index in [0.29, 0.717) is 4.88 Å². The normalized spacial score (nSPS) is 12.7. The average molecular weight is 439 g/mol. The predicted molar refractivity (Wildman–Crippen MR) is 93.4 cm³/mol. The summed E-state index contributed by atoms with van der Waals surface area (Å²) in [5.74, 6) is 0. The van der Waals surface area contributed by atoms with Crippen LogP contribution in [-0.4, -0.2) is 35.2 Å². The lowest BCUT2D eigenvalue weighted by atomic mass is 10.4. The van der Waals surface area contributed by atoms with Gasteiger partial charge in [-0.25, -0.2) is 25.9 Å². The minimum absolute atomic E-state index is 0.0337. The van der Waals surface area contributed by atoms with Gasteiger partial charge in [-0.2, -0.15) is 0 Å². The van der Waals surface area contributed by atoms with Crippen LogP contribution in [0, 0.1) is 0 Å². The molecule has 0 amide bonds. The molecular weight excluding hydrogens is 424 g/mol. The van der Waals surface area contributed by atoms with Crippen LogP contribution in [0.15, 0.2) is 50.0 Å². The maximum absolute atomic E-state index is 12.2. The van der Waals surface area contributed by atoms with Gasteiger partial charge in [-0.3, -0.25) is 0 Å². The van der Waals surface area contributed by atoms with E-state index in [1.54, 1.807) is 18.2 Å². The molecule has 0 fully saturated rings. The third-order valence-corrected chi connectivity index (χ3v) is 8.25. The van der Waals surface area contributed by atoms with E-state index in [4.69, 9.17) is 0 Å². The van der Waals surface area contributed by atoms with Crippen molar-refractivity contribution in [1.82, 2.24) is 9.03 Å². The van der Waals surface area contributed by atoms with E-state index >= 15 is 0 Å². The number of thiophene rings is 1. The molecule has 0 aliphatic rings. The average Bonchev–Trinajstić information content (AvgIpc) is 2.95. The molecule has 0 bridgehead atoms. The lowest BCUT2D eigenvalue weighted by molar-refractivity contribution is 0.523. The Bertz CT molecular complexity index is 888. The predicted octanol–water partition coefficient (Wildman–Crippen LogP) is 2.24. The van der Waals surface area contributed by atoms with Gasteiger partial charge in [-0.1, -0.05) is 15.9 Å². The first-order valence-electron chi connectivity index (χ1n) is 6.39. The van der Waals surface area contributed by atoms with Gasteiger partial charge in [0.15, 0.2) is 0 Å². The van der Waals surface area contributed by atoms with E-state index in [9.17, 15) is 16.8 Å². The number of nitrogens with zero attached hydrogens (tertiary/aromatic N) is 1. The molecule has 0 aliphatic carbocycles. The molecule has 2 rings (SSSR count). The second kappa shape index (κ2) is 6.99. The Morgan fingerprint density at radius 1 is 1.04 bits per heavy atom. The Kier molecular flexibility index (Phi) is 5.64. The standard InChI is InChI=1S/C13H15BrN2O4S3/c1-16(2)23(19,20)13-8-5-11(21-13)9-15-22(17,18)12-6-3-10(14)4-7-12/h3-8,15H,9H2,1-2H3. The van der Waals surface area contributed by atoms with Crippen molar-refractivity contribution >= 4 is 47.3 Å². The van der Waals surface area contributed by atoms with Gasteiger partial charge in [-0.15, -0.1) is 11.3 Å². The second-order valence-electron chi connectivity index (χ2n) is 4.79. The minimum Gasteiger partial charge on any atom is -0.207 e. The van der Waals surface area contributed by atoms with Crippen molar-refractivity contribution in [2.75, 3.05) is 14.1 Å². The van der Waals surface area contributed by atoms with E-state index in [1.807, 2.05) is 0 Å². The number of hydrogen-bond acceptors (Lipinski definition) is 5. The number of benzene rings is 1. The zero-order valence-electron chi connectivity index (χ0n) is 12.4. The SMILES string of the molecule is CN(C)S(=O)(=O)c1ccc(CNS(=O)(=O)c2ccc(Br)cc2)s1. The van der Waals surface area contributed by atoms with Gasteiger partial charge in [0.2, 0.25) is 10.0 Å². The van der Waals surface area contributed by atoms with Crippen molar-refractivity contribution in [3.63, 3.8) is 0 Å². The smallest absolute Gasteiger partial charge is 0.207 e. The van der Waals surface area contributed by atoms with Crippen LogP contribution in [0.3, 0.4) is 0 Å². The van der Waals surface area contributed by atoms with Crippen LogP contribution >= 0.6 is 27.3 Å². The fourth-order valence-electron chi connectivity index (χ4n) is 1.64. The Labute approximate surface area is 148 Å². The summed E-state index contributed by atoms with van der Waals surface area (Å²) in [6.45, 7) is 0.0337. The fraction of sp³-hybridized carbons (Fsp3) is 0.231. The number of halogens is 1. The van der Waals surface area contributed by atoms with Crippen molar-refractivity contribution in [3.8, 4) is 0 Å². The topological polar surface area (TPSA) is 83.6 Å². The van der Waals surface area contributed by atoms with Crippen LogP contribution in [0.5, 0.6) is 0 Å². The quantitative estimate of drug-likeness (QED) is 0.749. The molecule has 0 saturated heterocycles. The van der Waals surface area contributed by atoms with E-state index in [0.717, 1.165) is 20.1 Å². The van der Waals surface area contributed by atoms with Crippen LogP contribution in [0.2, 0.25) is 0 Å². The van der Waals surface area contributed by atoms with Gasteiger partial charge in [-0.05, 0) is 36.4 Å². The molecule has 126 valence electrons. The monoisotopic (exact) mass is 438 g/mol. The molecule has 2 aromatic rings. The highest BCUT2D eigenvalue weighted by atomic mass is 79.9. The molecule has 0 unspecified atom stereocenters. The molecule has 6 nitrogen and oxygen atoms in total. The highest BCUT2D eigenvalue weighted by Crippen LogP contribution is 2.24. The minimum atomic E-state index is -3.64. The molecule has 0 aliphatic heterocycles. The lowest BCUT2D eigenvalue weighted by Crippen LogP contribution is -2.22. The summed E-state index contributed by atoms with van der Waals surface area (Å²) in [7, 11) is -4.24. The zero-order chi connectivity index (χ0) is 17.3. The molecular formula is C13H15BrN2O4S3. The maximum Gasteiger partial charge on any atom is 0.252 e. The summed E-state index contributed by atoms with van der Waals surface area (Å²) in [6, 6.07) is 9.34. The van der Waals surface area contributed by atoms with Gasteiger partial charge in [0.05, 0.1) is 4.90 Å². The summed E-state index contributed by atoms with van der Waals surface area (Å²) in [4.78, 5) is 0.768. The molecule has 10 heteroatoms. The number of nitrogens with one attached hydrogen (secondary N) is 1. The van der Waals surface area contributed by atoms with Crippen LogP contribution < -0.4 is 4.72 Å². The second-order valence-corrected chi connectivity index (χ2v) is 11.0. The fourth-order valence-corrected chi connectivity index (χ4v) is 5.46. The van der Waals surface area contributed by atoms with Crippen LogP contribution in [0.4, 0.5) is 0 Å². The lowest BCUT2D eigenvalue weighted by Gasteiger charge is -2.08. The summed E-state index contributed by atoms with van der Waals surface area (Å²) < 4.78 is 52.9. The third-order valence-electron chi connectivity index (χ3n) is 2.93. The highest BCUT2D eigenvalue weighted by Gasteiger charge is 2.20. The molecule has 1 aromatic carbocycles. The first-order chi connectivity index (χ1) is 10.6. The highest BCUT2D eigenvalue weighted by molar-refractivity contribution is 9.10. The third kappa shape index (κ3) is 4.40. The van der Waals surface area contributed by atoms with E-state index in [1.165, 1.54) is 32.3 Å². The molecule has 1 aromatic heterocycles. The summed E-state index contributed by atoms with van der Waals surface area (Å²) in [6.07, 6.45) is 0. The Balaban J connectivity index is 2.12. The number of sulfonamides is 2. The summed E-state index contributed by atoms with van der Waals surface area (Å²) in [5.41, 5.74) is 0. The van der Waals surface area contributed by atoms with E-state index in [-0.39, 0.29) is 15.6 Å². The summed E-state index contributed by atoms with van der Waals surface area (Å²) >= 11 is 4.29. The Morgan fingerprint density at radius 3 is 2.22 bits per heavy atom. The zero-order valence-corrected chi connectivity index (χ0v) is 16.4. The molecule has 0 radical (unpaired) electrons.